The largest absolute Gasteiger partial charge is 0.505 e. The minimum Gasteiger partial charge on any atom is -0.505 e. The number of pyridine rings is 1. The number of imidazole rings is 1. The molecule has 1 amide bonds. The molecule has 1 unspecified atom stereocenters. The second kappa shape index (κ2) is 11.3. The number of fused-ring (bicyclic) bond motifs is 1. The maximum atomic E-state index is 13.7. The van der Waals surface area contributed by atoms with Crippen LogP contribution in [0.2, 0.25) is 5.02 Å². The minimum absolute atomic E-state index is 0.0252. The highest BCUT2D eigenvalue weighted by molar-refractivity contribution is 8.00. The zero-order chi connectivity index (χ0) is 30.5. The third-order valence-corrected chi connectivity index (χ3v) is 9.85. The van der Waals surface area contributed by atoms with Crippen LogP contribution in [0.1, 0.15) is 54.9 Å². The van der Waals surface area contributed by atoms with Gasteiger partial charge in [-0.15, -0.1) is 10.2 Å². The molecule has 2 aromatic carbocycles. The van der Waals surface area contributed by atoms with E-state index < -0.39 is 17.7 Å². The van der Waals surface area contributed by atoms with Crippen molar-refractivity contribution in [2.45, 2.75) is 49.2 Å². The van der Waals surface area contributed by atoms with Crippen molar-refractivity contribution in [3.63, 3.8) is 0 Å². The lowest BCUT2D eigenvalue weighted by molar-refractivity contribution is -0.132. The molecule has 0 saturated carbocycles. The van der Waals surface area contributed by atoms with Gasteiger partial charge in [0.25, 0.3) is 5.78 Å². The Morgan fingerprint density at radius 3 is 2.47 bits per heavy atom. The van der Waals surface area contributed by atoms with E-state index in [2.05, 4.69) is 36.0 Å². The van der Waals surface area contributed by atoms with E-state index in [9.17, 15) is 14.7 Å². The number of aromatic nitrogens is 4. The number of hydrogen-bond acceptors (Lipinski definition) is 8. The summed E-state index contributed by atoms with van der Waals surface area (Å²) in [6, 6.07) is 19.9. The highest BCUT2D eigenvalue weighted by Crippen LogP contribution is 2.45. The highest BCUT2D eigenvalue weighted by atomic mass is 35.5. The van der Waals surface area contributed by atoms with Crippen LogP contribution in [-0.4, -0.2) is 36.4 Å². The quantitative estimate of drug-likeness (QED) is 0.0688. The summed E-state index contributed by atoms with van der Waals surface area (Å²) >= 11 is 8.98. The third kappa shape index (κ3) is 5.35. The van der Waals surface area contributed by atoms with Crippen LogP contribution in [0.3, 0.4) is 0 Å². The molecule has 1 atom stereocenters. The van der Waals surface area contributed by atoms with Crippen LogP contribution < -0.4 is 4.90 Å². The number of carbonyl (C=O) groups excluding carboxylic acids is 2. The summed E-state index contributed by atoms with van der Waals surface area (Å²) in [6.07, 6.45) is 1.76. The van der Waals surface area contributed by atoms with Gasteiger partial charge in [0.15, 0.2) is 10.1 Å². The molecule has 4 heterocycles. The lowest BCUT2D eigenvalue weighted by atomic mass is 9.85. The Hall–Kier alpha value is -3.99. The number of nitrogens with zero attached hydrogens (tertiary/aromatic N) is 5. The van der Waals surface area contributed by atoms with Crippen molar-refractivity contribution in [3.8, 4) is 0 Å². The number of rotatable bonds is 6. The second-order valence-corrected chi connectivity index (χ2v) is 13.8. The maximum absolute atomic E-state index is 13.7. The molecule has 3 aromatic heterocycles. The minimum atomic E-state index is -0.919. The van der Waals surface area contributed by atoms with Crippen molar-refractivity contribution >= 4 is 62.9 Å². The number of hydrogen-bond donors (Lipinski definition) is 1. The van der Waals surface area contributed by atoms with Gasteiger partial charge in [-0.25, -0.2) is 4.98 Å². The predicted molar refractivity (Wildman–Crippen MR) is 171 cm³/mol. The molecule has 0 bridgehead atoms. The zero-order valence-electron chi connectivity index (χ0n) is 23.9. The number of benzene rings is 2. The van der Waals surface area contributed by atoms with Crippen LogP contribution in [0.25, 0.3) is 11.4 Å². The fourth-order valence-corrected chi connectivity index (χ4v) is 7.30. The third-order valence-electron chi connectivity index (χ3n) is 7.38. The molecule has 43 heavy (non-hydrogen) atoms. The summed E-state index contributed by atoms with van der Waals surface area (Å²) in [4.78, 5) is 33.3. The number of amides is 1. The Kier molecular flexibility index (Phi) is 7.62. The molecule has 1 N–H and O–H groups in total. The average Bonchev–Trinajstić information content (AvgIpc) is 3.65. The Balaban J connectivity index is 1.45. The molecule has 218 valence electrons. The Morgan fingerprint density at radius 1 is 1.02 bits per heavy atom. The number of halogens is 1. The SMILES string of the molecule is Cc1nc2ccccn2c1C(O)=C1C(=O)C(=O)N(c2nnc(SCc3ccccc3Cl)s2)C1c1ccc(C(C)(C)C)cc1. The number of ketones is 1. The fraction of sp³-hybridized carbons (Fsp3) is 0.219. The first-order valence-corrected chi connectivity index (χ1v) is 15.8. The molecule has 11 heteroatoms. The van der Waals surface area contributed by atoms with E-state index in [1.54, 1.807) is 17.5 Å². The number of anilines is 1. The van der Waals surface area contributed by atoms with Crippen molar-refractivity contribution in [1.82, 2.24) is 19.6 Å². The number of carbonyl (C=O) groups is 2. The van der Waals surface area contributed by atoms with Gasteiger partial charge >= 0.3 is 5.91 Å². The Bertz CT molecular complexity index is 1910. The molecule has 1 saturated heterocycles. The van der Waals surface area contributed by atoms with Gasteiger partial charge in [0, 0.05) is 17.0 Å². The summed E-state index contributed by atoms with van der Waals surface area (Å²) in [6.45, 7) is 8.11. The van der Waals surface area contributed by atoms with Gasteiger partial charge in [-0.2, -0.15) is 0 Å². The molecule has 1 fully saturated rings. The molecular weight excluding hydrogens is 602 g/mol. The van der Waals surface area contributed by atoms with Gasteiger partial charge in [0.05, 0.1) is 17.3 Å². The molecular formula is C32H28ClN5O3S2. The first kappa shape index (κ1) is 29.1. The molecule has 1 aliphatic heterocycles. The first-order chi connectivity index (χ1) is 20.5. The Morgan fingerprint density at radius 2 is 1.74 bits per heavy atom. The van der Waals surface area contributed by atoms with Crippen LogP contribution in [0, 0.1) is 6.92 Å². The fourth-order valence-electron chi connectivity index (χ4n) is 5.15. The molecule has 0 radical (unpaired) electrons. The number of aryl methyl sites for hydroxylation is 1. The van der Waals surface area contributed by atoms with E-state index in [1.807, 2.05) is 66.7 Å². The molecule has 0 aliphatic carbocycles. The molecule has 6 rings (SSSR count). The summed E-state index contributed by atoms with van der Waals surface area (Å²) < 4.78 is 2.34. The maximum Gasteiger partial charge on any atom is 0.301 e. The summed E-state index contributed by atoms with van der Waals surface area (Å²) in [5, 5.41) is 21.3. The van der Waals surface area contributed by atoms with Gasteiger partial charge in [-0.05, 0) is 47.2 Å². The molecule has 8 nitrogen and oxygen atoms in total. The summed E-state index contributed by atoms with van der Waals surface area (Å²) in [5.41, 5.74) is 4.11. The summed E-state index contributed by atoms with van der Waals surface area (Å²) in [5.74, 6) is -1.30. The average molecular weight is 630 g/mol. The Labute approximate surface area is 262 Å². The van der Waals surface area contributed by atoms with Crippen molar-refractivity contribution in [2.75, 3.05) is 4.90 Å². The van der Waals surface area contributed by atoms with Crippen LogP contribution in [0.4, 0.5) is 5.13 Å². The van der Waals surface area contributed by atoms with Gasteiger partial charge in [0.1, 0.15) is 11.3 Å². The van der Waals surface area contributed by atoms with Gasteiger partial charge < -0.3 is 5.11 Å². The van der Waals surface area contributed by atoms with Crippen molar-refractivity contribution in [3.05, 3.63) is 112 Å². The predicted octanol–water partition coefficient (Wildman–Crippen LogP) is 7.36. The van der Waals surface area contributed by atoms with Crippen molar-refractivity contribution in [2.24, 2.45) is 0 Å². The van der Waals surface area contributed by atoms with E-state index in [4.69, 9.17) is 11.6 Å². The van der Waals surface area contributed by atoms with E-state index in [-0.39, 0.29) is 21.9 Å². The zero-order valence-corrected chi connectivity index (χ0v) is 26.3. The van der Waals surface area contributed by atoms with Crippen LogP contribution in [0.5, 0.6) is 0 Å². The topological polar surface area (TPSA) is 101 Å². The van der Waals surface area contributed by atoms with Crippen LogP contribution >= 0.6 is 34.7 Å². The second-order valence-electron chi connectivity index (χ2n) is 11.2. The molecule has 0 spiro atoms. The normalized spacial score (nSPS) is 16.9. The van der Waals surface area contributed by atoms with E-state index >= 15 is 0 Å². The van der Waals surface area contributed by atoms with Gasteiger partial charge in [0.2, 0.25) is 5.13 Å². The van der Waals surface area contributed by atoms with Crippen molar-refractivity contribution in [1.29, 1.82) is 0 Å². The number of aliphatic hydroxyl groups is 1. The van der Waals surface area contributed by atoms with E-state index in [0.717, 1.165) is 11.1 Å². The smallest absolute Gasteiger partial charge is 0.301 e. The highest BCUT2D eigenvalue weighted by Gasteiger charge is 2.49. The monoisotopic (exact) mass is 629 g/mol. The van der Waals surface area contributed by atoms with E-state index in [0.29, 0.717) is 37.7 Å². The van der Waals surface area contributed by atoms with E-state index in [1.165, 1.54) is 28.0 Å². The van der Waals surface area contributed by atoms with Crippen molar-refractivity contribution < 1.29 is 14.7 Å². The van der Waals surface area contributed by atoms with Crippen LogP contribution in [0.15, 0.2) is 82.8 Å². The number of thioether (sulfide) groups is 1. The van der Waals surface area contributed by atoms with Gasteiger partial charge in [-0.3, -0.25) is 18.9 Å². The lowest BCUT2D eigenvalue weighted by Gasteiger charge is -2.24. The standard InChI is InChI=1S/C32H28ClN5O3S2/c1-18-25(37-16-8-7-11-23(37)34-18)27(39)24-26(19-12-14-21(15-13-19)32(2,3)4)38(29(41)28(24)40)30-35-36-31(43-30)42-17-20-9-5-6-10-22(20)33/h5-16,26,39H,17H2,1-4H3. The first-order valence-electron chi connectivity index (χ1n) is 13.6. The molecule has 1 aliphatic rings. The van der Waals surface area contributed by atoms with Gasteiger partial charge in [-0.1, -0.05) is 104 Å². The lowest BCUT2D eigenvalue weighted by Crippen LogP contribution is -2.29. The number of Topliss-reactive ketones (excluding diaryl/α,β-unsaturated/α-hetero) is 1. The molecule has 5 aromatic rings. The summed E-state index contributed by atoms with van der Waals surface area (Å²) in [7, 11) is 0. The van der Waals surface area contributed by atoms with Crippen LogP contribution in [-0.2, 0) is 20.8 Å². The number of aliphatic hydroxyl groups excluding tert-OH is 1.